The third-order valence-electron chi connectivity index (χ3n) is 3.62. The van der Waals surface area contributed by atoms with Crippen LogP contribution in [0, 0.1) is 0 Å². The number of ether oxygens (including phenoxy) is 3. The van der Waals surface area contributed by atoms with E-state index in [4.69, 9.17) is 14.2 Å². The van der Waals surface area contributed by atoms with Crippen molar-refractivity contribution in [1.82, 2.24) is 10.2 Å². The van der Waals surface area contributed by atoms with Gasteiger partial charge in [-0.3, -0.25) is 4.90 Å². The van der Waals surface area contributed by atoms with Gasteiger partial charge in [-0.2, -0.15) is 0 Å². The van der Waals surface area contributed by atoms with Crippen LogP contribution in [0.25, 0.3) is 0 Å². The first-order valence-electron chi connectivity index (χ1n) is 7.14. The van der Waals surface area contributed by atoms with E-state index in [0.717, 1.165) is 65.6 Å². The van der Waals surface area contributed by atoms with Crippen molar-refractivity contribution in [1.29, 1.82) is 0 Å². The van der Waals surface area contributed by atoms with Crippen LogP contribution in [-0.4, -0.2) is 76.3 Å². The van der Waals surface area contributed by atoms with E-state index >= 15 is 0 Å². The third-order valence-corrected chi connectivity index (χ3v) is 3.62. The molecule has 2 rings (SSSR count). The molecule has 0 aromatic rings. The van der Waals surface area contributed by atoms with Gasteiger partial charge in [0.25, 0.3) is 0 Å². The van der Waals surface area contributed by atoms with Crippen molar-refractivity contribution in [2.24, 2.45) is 0 Å². The van der Waals surface area contributed by atoms with Crippen LogP contribution in [-0.2, 0) is 14.2 Å². The summed E-state index contributed by atoms with van der Waals surface area (Å²) in [7, 11) is 0. The second-order valence-electron chi connectivity index (χ2n) is 4.88. The number of nitrogens with one attached hydrogen (secondary N) is 1. The quantitative estimate of drug-likeness (QED) is 0.732. The molecule has 2 atom stereocenters. The predicted octanol–water partition coefficient (Wildman–Crippen LogP) is 0.102. The standard InChI is InChI=1S/C13H26N2O3/c1-2-12(13-11-14-3-7-17-13)18-10-6-15-4-8-16-9-5-15/h12-14H,2-11H2,1H3. The number of morpholine rings is 2. The smallest absolute Gasteiger partial charge is 0.0961 e. The minimum absolute atomic E-state index is 0.216. The molecular formula is C13H26N2O3. The number of hydrogen-bond donors (Lipinski definition) is 1. The molecule has 2 aliphatic rings. The Morgan fingerprint density at radius 1 is 1.33 bits per heavy atom. The van der Waals surface area contributed by atoms with Gasteiger partial charge in [0.05, 0.1) is 38.6 Å². The fraction of sp³-hybridized carbons (Fsp3) is 1.00. The molecular weight excluding hydrogens is 232 g/mol. The molecule has 106 valence electrons. The molecule has 2 saturated heterocycles. The Labute approximate surface area is 110 Å². The first-order chi connectivity index (χ1) is 8.90. The molecule has 5 heteroatoms. The molecule has 0 amide bonds. The summed E-state index contributed by atoms with van der Waals surface area (Å²) in [4.78, 5) is 2.40. The van der Waals surface area contributed by atoms with E-state index in [-0.39, 0.29) is 12.2 Å². The molecule has 18 heavy (non-hydrogen) atoms. The highest BCUT2D eigenvalue weighted by Gasteiger charge is 2.23. The molecule has 0 saturated carbocycles. The zero-order valence-electron chi connectivity index (χ0n) is 11.4. The minimum Gasteiger partial charge on any atom is -0.379 e. The van der Waals surface area contributed by atoms with Gasteiger partial charge in [0, 0.05) is 32.7 Å². The van der Waals surface area contributed by atoms with Crippen LogP contribution in [0.1, 0.15) is 13.3 Å². The van der Waals surface area contributed by atoms with Gasteiger partial charge in [-0.15, -0.1) is 0 Å². The maximum absolute atomic E-state index is 5.99. The molecule has 5 nitrogen and oxygen atoms in total. The van der Waals surface area contributed by atoms with Crippen molar-refractivity contribution in [2.45, 2.75) is 25.6 Å². The predicted molar refractivity (Wildman–Crippen MR) is 69.9 cm³/mol. The molecule has 1 N–H and O–H groups in total. The lowest BCUT2D eigenvalue weighted by atomic mass is 10.1. The first-order valence-corrected chi connectivity index (χ1v) is 7.14. The lowest BCUT2D eigenvalue weighted by Gasteiger charge is -2.32. The maximum Gasteiger partial charge on any atom is 0.0961 e. The molecule has 2 fully saturated rings. The van der Waals surface area contributed by atoms with Gasteiger partial charge < -0.3 is 19.5 Å². The second kappa shape index (κ2) is 8.07. The minimum atomic E-state index is 0.216. The zero-order valence-corrected chi connectivity index (χ0v) is 11.4. The summed E-state index contributed by atoms with van der Waals surface area (Å²) in [5.74, 6) is 0. The van der Waals surface area contributed by atoms with E-state index in [0.29, 0.717) is 0 Å². The average Bonchev–Trinajstić information content (AvgIpc) is 2.46. The van der Waals surface area contributed by atoms with Gasteiger partial charge in [0.1, 0.15) is 0 Å². The molecule has 0 aromatic carbocycles. The zero-order chi connectivity index (χ0) is 12.6. The summed E-state index contributed by atoms with van der Waals surface area (Å²) in [6.45, 7) is 10.4. The Kier molecular flexibility index (Phi) is 6.37. The van der Waals surface area contributed by atoms with Crippen LogP contribution in [0.15, 0.2) is 0 Å². The highest BCUT2D eigenvalue weighted by Crippen LogP contribution is 2.10. The van der Waals surface area contributed by atoms with Crippen molar-refractivity contribution in [3.8, 4) is 0 Å². The lowest BCUT2D eigenvalue weighted by molar-refractivity contribution is -0.0902. The molecule has 0 spiro atoms. The van der Waals surface area contributed by atoms with Crippen LogP contribution in [0.3, 0.4) is 0 Å². The number of hydrogen-bond acceptors (Lipinski definition) is 5. The Morgan fingerprint density at radius 2 is 2.17 bits per heavy atom. The number of rotatable bonds is 6. The molecule has 2 aliphatic heterocycles. The van der Waals surface area contributed by atoms with Crippen molar-refractivity contribution in [3.63, 3.8) is 0 Å². The largest absolute Gasteiger partial charge is 0.379 e. The van der Waals surface area contributed by atoms with E-state index in [1.54, 1.807) is 0 Å². The Balaban J connectivity index is 1.63. The van der Waals surface area contributed by atoms with E-state index in [1.165, 1.54) is 0 Å². The van der Waals surface area contributed by atoms with Crippen LogP contribution in [0.4, 0.5) is 0 Å². The summed E-state index contributed by atoms with van der Waals surface area (Å²) < 4.78 is 17.1. The summed E-state index contributed by atoms with van der Waals surface area (Å²) >= 11 is 0. The lowest BCUT2D eigenvalue weighted by Crippen LogP contribution is -2.46. The van der Waals surface area contributed by atoms with Crippen molar-refractivity contribution < 1.29 is 14.2 Å². The summed E-state index contributed by atoms with van der Waals surface area (Å²) in [6, 6.07) is 0. The molecule has 2 heterocycles. The van der Waals surface area contributed by atoms with Gasteiger partial charge in [-0.1, -0.05) is 6.92 Å². The molecule has 0 aliphatic carbocycles. The number of nitrogens with zero attached hydrogens (tertiary/aromatic N) is 1. The van der Waals surface area contributed by atoms with Crippen molar-refractivity contribution in [3.05, 3.63) is 0 Å². The molecule has 0 aromatic heterocycles. The molecule has 2 unspecified atom stereocenters. The van der Waals surface area contributed by atoms with Crippen molar-refractivity contribution >= 4 is 0 Å². The van der Waals surface area contributed by atoms with Gasteiger partial charge in [-0.25, -0.2) is 0 Å². The van der Waals surface area contributed by atoms with E-state index in [1.807, 2.05) is 0 Å². The monoisotopic (exact) mass is 258 g/mol. The van der Waals surface area contributed by atoms with Crippen LogP contribution < -0.4 is 5.32 Å². The fourth-order valence-electron chi connectivity index (χ4n) is 2.47. The highest BCUT2D eigenvalue weighted by atomic mass is 16.5. The van der Waals surface area contributed by atoms with Gasteiger partial charge in [0.2, 0.25) is 0 Å². The maximum atomic E-state index is 5.99. The third kappa shape index (κ3) is 4.48. The van der Waals surface area contributed by atoms with E-state index in [2.05, 4.69) is 17.1 Å². The van der Waals surface area contributed by atoms with Crippen LogP contribution in [0.2, 0.25) is 0 Å². The van der Waals surface area contributed by atoms with Gasteiger partial charge >= 0.3 is 0 Å². The van der Waals surface area contributed by atoms with E-state index < -0.39 is 0 Å². The topological polar surface area (TPSA) is 43.0 Å². The summed E-state index contributed by atoms with van der Waals surface area (Å²) in [5.41, 5.74) is 0. The second-order valence-corrected chi connectivity index (χ2v) is 4.88. The highest BCUT2D eigenvalue weighted by molar-refractivity contribution is 4.76. The Bertz CT molecular complexity index is 216. The average molecular weight is 258 g/mol. The van der Waals surface area contributed by atoms with Gasteiger partial charge in [0.15, 0.2) is 0 Å². The Morgan fingerprint density at radius 3 is 2.83 bits per heavy atom. The van der Waals surface area contributed by atoms with Crippen LogP contribution >= 0.6 is 0 Å². The van der Waals surface area contributed by atoms with Crippen LogP contribution in [0.5, 0.6) is 0 Å². The van der Waals surface area contributed by atoms with Crippen molar-refractivity contribution in [2.75, 3.05) is 59.2 Å². The summed E-state index contributed by atoms with van der Waals surface area (Å²) in [6.07, 6.45) is 1.45. The Hall–Kier alpha value is -0.200. The molecule has 0 radical (unpaired) electrons. The summed E-state index contributed by atoms with van der Waals surface area (Å²) in [5, 5.41) is 3.36. The van der Waals surface area contributed by atoms with Gasteiger partial charge in [-0.05, 0) is 6.42 Å². The normalized spacial score (nSPS) is 28.2. The van der Waals surface area contributed by atoms with E-state index in [9.17, 15) is 0 Å². The first kappa shape index (κ1) is 14.2. The fourth-order valence-corrected chi connectivity index (χ4v) is 2.47. The SMILES string of the molecule is CCC(OCCN1CCOCC1)C1CNCCO1. The molecule has 0 bridgehead atoms.